The van der Waals surface area contributed by atoms with Gasteiger partial charge < -0.3 is 24.8 Å². The fraction of sp³-hybridized carbons (Fsp3) is 0.757. The van der Waals surface area contributed by atoms with Gasteiger partial charge in [0.2, 0.25) is 11.8 Å². The summed E-state index contributed by atoms with van der Waals surface area (Å²) in [6.07, 6.45) is 14.1. The van der Waals surface area contributed by atoms with E-state index < -0.39 is 17.3 Å². The maximum Gasteiger partial charge on any atom is 0.307 e. The summed E-state index contributed by atoms with van der Waals surface area (Å²) in [7, 11) is 0. The Hall–Kier alpha value is -2.45. The summed E-state index contributed by atoms with van der Waals surface area (Å²) in [6.45, 7) is 10.3. The van der Waals surface area contributed by atoms with Gasteiger partial charge in [0.15, 0.2) is 5.79 Å². The van der Waals surface area contributed by atoms with Gasteiger partial charge >= 0.3 is 5.97 Å². The van der Waals surface area contributed by atoms with Crippen LogP contribution in [0.2, 0.25) is 0 Å². The molecule has 1 aromatic rings. The van der Waals surface area contributed by atoms with Crippen LogP contribution in [0, 0.1) is 11.3 Å². The molecule has 8 nitrogen and oxygen atoms in total. The first-order valence-corrected chi connectivity index (χ1v) is 17.6. The molecule has 1 aromatic carbocycles. The molecule has 2 fully saturated rings. The molecule has 0 aromatic heterocycles. The smallest absolute Gasteiger partial charge is 0.307 e. The minimum absolute atomic E-state index is 0.0264. The van der Waals surface area contributed by atoms with Crippen molar-refractivity contribution in [2.24, 2.45) is 11.3 Å². The number of rotatable bonds is 18. The predicted octanol–water partition coefficient (Wildman–Crippen LogP) is 7.03. The van der Waals surface area contributed by atoms with Crippen molar-refractivity contribution < 1.29 is 28.6 Å². The molecule has 2 atom stereocenters. The quantitative estimate of drug-likeness (QED) is 0.134. The summed E-state index contributed by atoms with van der Waals surface area (Å²) in [6, 6.07) is 10.4. The number of nitrogens with one attached hydrogen (secondary N) is 2. The zero-order valence-corrected chi connectivity index (χ0v) is 28.7. The molecule has 254 valence electrons. The third-order valence-corrected chi connectivity index (χ3v) is 9.19. The van der Waals surface area contributed by atoms with Gasteiger partial charge in [-0.2, -0.15) is 0 Å². The molecule has 1 aliphatic heterocycles. The van der Waals surface area contributed by atoms with Crippen LogP contribution < -0.4 is 10.6 Å². The Labute approximate surface area is 272 Å². The summed E-state index contributed by atoms with van der Waals surface area (Å²) < 4.78 is 17.3. The van der Waals surface area contributed by atoms with Crippen molar-refractivity contribution in [3.05, 3.63) is 35.9 Å². The lowest BCUT2D eigenvalue weighted by atomic mass is 9.85. The van der Waals surface area contributed by atoms with Crippen LogP contribution in [0.5, 0.6) is 0 Å². The molecular formula is C37H60N2O6. The van der Waals surface area contributed by atoms with Crippen molar-refractivity contribution in [1.82, 2.24) is 10.6 Å². The standard InChI is InChI=1S/C37H60N2O6/c1-6-7-8-9-10-11-12-16-19-29(26-28-17-14-13-15-18-28)34(41)39-30-20-22-31(23-21-30)44-32(40)24-25-38-35(42)33-36(2,3)27-43-37(4,5)45-33/h13-15,17-18,29-31,33H,6-12,16,19-27H2,1-5H3,(H,38,42)(H,39,41). The topological polar surface area (TPSA) is 103 Å². The number of hydrogen-bond acceptors (Lipinski definition) is 6. The SMILES string of the molecule is CCCCCCCCCCC(Cc1ccccc1)C(=O)NC1CCC(OC(=O)CCNC(=O)C2OC(C)(C)OCC2(C)C)CC1. The number of amides is 2. The summed E-state index contributed by atoms with van der Waals surface area (Å²) in [5, 5.41) is 6.16. The van der Waals surface area contributed by atoms with Crippen LogP contribution in [-0.4, -0.2) is 55.0 Å². The second-order valence-corrected chi connectivity index (χ2v) is 14.3. The van der Waals surface area contributed by atoms with Gasteiger partial charge in [-0.05, 0) is 57.9 Å². The minimum Gasteiger partial charge on any atom is -0.462 e. The highest BCUT2D eigenvalue weighted by molar-refractivity contribution is 5.82. The molecule has 1 saturated heterocycles. The van der Waals surface area contributed by atoms with Crippen LogP contribution in [0.3, 0.4) is 0 Å². The average molecular weight is 629 g/mol. The number of carbonyl (C=O) groups is 3. The van der Waals surface area contributed by atoms with E-state index in [1.54, 1.807) is 13.8 Å². The number of hydrogen-bond donors (Lipinski definition) is 2. The molecule has 8 heteroatoms. The van der Waals surface area contributed by atoms with Gasteiger partial charge in [0, 0.05) is 23.9 Å². The molecular weight excluding hydrogens is 568 g/mol. The lowest BCUT2D eigenvalue weighted by Gasteiger charge is -2.44. The molecule has 1 aliphatic carbocycles. The first-order chi connectivity index (χ1) is 21.5. The number of carbonyl (C=O) groups excluding carboxylic acids is 3. The molecule has 1 saturated carbocycles. The Morgan fingerprint density at radius 3 is 2.22 bits per heavy atom. The Balaban J connectivity index is 1.36. The summed E-state index contributed by atoms with van der Waals surface area (Å²) >= 11 is 0. The van der Waals surface area contributed by atoms with Gasteiger partial charge in [0.25, 0.3) is 0 Å². The van der Waals surface area contributed by atoms with E-state index in [9.17, 15) is 14.4 Å². The number of unbranched alkanes of at least 4 members (excludes halogenated alkanes) is 7. The Morgan fingerprint density at radius 1 is 0.911 bits per heavy atom. The first-order valence-electron chi connectivity index (χ1n) is 17.6. The van der Waals surface area contributed by atoms with Crippen molar-refractivity contribution in [3.63, 3.8) is 0 Å². The first kappa shape index (κ1) is 37.0. The molecule has 0 radical (unpaired) electrons. The van der Waals surface area contributed by atoms with E-state index in [-0.39, 0.29) is 48.8 Å². The second-order valence-electron chi connectivity index (χ2n) is 14.3. The van der Waals surface area contributed by atoms with E-state index in [0.717, 1.165) is 44.9 Å². The van der Waals surface area contributed by atoms with Gasteiger partial charge in [-0.15, -0.1) is 0 Å². The molecule has 2 amide bonds. The van der Waals surface area contributed by atoms with Crippen LogP contribution in [0.25, 0.3) is 0 Å². The van der Waals surface area contributed by atoms with E-state index in [1.165, 1.54) is 50.5 Å². The fourth-order valence-electron chi connectivity index (χ4n) is 6.34. The highest BCUT2D eigenvalue weighted by Crippen LogP contribution is 2.35. The molecule has 2 aliphatic rings. The Bertz CT molecular complexity index is 1030. The van der Waals surface area contributed by atoms with E-state index in [4.69, 9.17) is 14.2 Å². The molecule has 0 bridgehead atoms. The van der Waals surface area contributed by atoms with Crippen molar-refractivity contribution in [2.75, 3.05) is 13.2 Å². The predicted molar refractivity (Wildman–Crippen MR) is 177 cm³/mol. The van der Waals surface area contributed by atoms with Crippen LogP contribution >= 0.6 is 0 Å². The van der Waals surface area contributed by atoms with Gasteiger partial charge in [0.05, 0.1) is 13.0 Å². The van der Waals surface area contributed by atoms with Gasteiger partial charge in [-0.25, -0.2) is 0 Å². The van der Waals surface area contributed by atoms with Crippen molar-refractivity contribution >= 4 is 17.8 Å². The van der Waals surface area contributed by atoms with Crippen molar-refractivity contribution in [3.8, 4) is 0 Å². The average Bonchev–Trinajstić information content (AvgIpc) is 3.00. The summed E-state index contributed by atoms with van der Waals surface area (Å²) in [4.78, 5) is 38.8. The normalized spacial score (nSPS) is 23.1. The van der Waals surface area contributed by atoms with Crippen molar-refractivity contribution in [1.29, 1.82) is 0 Å². The van der Waals surface area contributed by atoms with E-state index in [1.807, 2.05) is 32.0 Å². The van der Waals surface area contributed by atoms with Gasteiger partial charge in [0.1, 0.15) is 12.2 Å². The third kappa shape index (κ3) is 13.4. The lowest BCUT2D eigenvalue weighted by molar-refractivity contribution is -0.304. The minimum atomic E-state index is -0.829. The Kier molecular flexibility index (Phi) is 15.3. The van der Waals surface area contributed by atoms with E-state index >= 15 is 0 Å². The Morgan fingerprint density at radius 2 is 1.56 bits per heavy atom. The molecule has 2 N–H and O–H groups in total. The van der Waals surface area contributed by atoms with Crippen LogP contribution in [-0.2, 0) is 35.0 Å². The van der Waals surface area contributed by atoms with Gasteiger partial charge in [-0.1, -0.05) is 102 Å². The van der Waals surface area contributed by atoms with E-state index in [0.29, 0.717) is 6.61 Å². The maximum absolute atomic E-state index is 13.4. The molecule has 1 heterocycles. The fourth-order valence-corrected chi connectivity index (χ4v) is 6.34. The van der Waals surface area contributed by atoms with E-state index in [2.05, 4.69) is 29.7 Å². The molecule has 3 rings (SSSR count). The maximum atomic E-state index is 13.4. The molecule has 2 unspecified atom stereocenters. The monoisotopic (exact) mass is 628 g/mol. The molecule has 0 spiro atoms. The zero-order valence-electron chi connectivity index (χ0n) is 28.7. The number of benzene rings is 1. The second kappa shape index (κ2) is 18.6. The van der Waals surface area contributed by atoms with Gasteiger partial charge in [-0.3, -0.25) is 14.4 Å². The number of esters is 1. The lowest BCUT2D eigenvalue weighted by Crippen LogP contribution is -2.56. The largest absolute Gasteiger partial charge is 0.462 e. The van der Waals surface area contributed by atoms with Crippen LogP contribution in [0.15, 0.2) is 30.3 Å². The zero-order chi connectivity index (χ0) is 32.7. The molecule has 45 heavy (non-hydrogen) atoms. The van der Waals surface area contributed by atoms with Crippen LogP contribution in [0.1, 0.15) is 130 Å². The highest BCUT2D eigenvalue weighted by Gasteiger charge is 2.45. The summed E-state index contributed by atoms with van der Waals surface area (Å²) in [5.41, 5.74) is 0.736. The summed E-state index contributed by atoms with van der Waals surface area (Å²) in [5.74, 6) is -1.26. The van der Waals surface area contributed by atoms with Crippen molar-refractivity contribution in [2.45, 2.75) is 155 Å². The highest BCUT2D eigenvalue weighted by atomic mass is 16.7. The number of ether oxygens (including phenoxy) is 3. The van der Waals surface area contributed by atoms with Crippen LogP contribution in [0.4, 0.5) is 0 Å². The third-order valence-electron chi connectivity index (χ3n) is 9.19.